The van der Waals surface area contributed by atoms with Gasteiger partial charge in [-0.05, 0) is 62.1 Å². The maximum atomic E-state index is 13.3. The van der Waals surface area contributed by atoms with Crippen LogP contribution >= 0.6 is 0 Å². The number of halogens is 1. The smallest absolute Gasteiger partial charge is 0.123 e. The average Bonchev–Trinajstić information content (AvgIpc) is 2.64. The van der Waals surface area contributed by atoms with Gasteiger partial charge in [0.15, 0.2) is 0 Å². The van der Waals surface area contributed by atoms with Gasteiger partial charge in [-0.1, -0.05) is 30.3 Å². The Morgan fingerprint density at radius 2 is 1.80 bits per heavy atom. The highest BCUT2D eigenvalue weighted by molar-refractivity contribution is 5.31. The summed E-state index contributed by atoms with van der Waals surface area (Å²) in [6.45, 7) is 5.03. The van der Waals surface area contributed by atoms with Gasteiger partial charge in [-0.15, -0.1) is 0 Å². The quantitative estimate of drug-likeness (QED) is 0.765. The van der Waals surface area contributed by atoms with E-state index in [1.165, 1.54) is 12.1 Å². The molecule has 0 aliphatic carbocycles. The molecule has 0 unspecified atom stereocenters. The summed E-state index contributed by atoms with van der Waals surface area (Å²) in [7, 11) is 0. The van der Waals surface area contributed by atoms with Crippen molar-refractivity contribution in [2.24, 2.45) is 0 Å². The molecule has 0 spiro atoms. The minimum absolute atomic E-state index is 0.130. The van der Waals surface area contributed by atoms with E-state index >= 15 is 0 Å². The van der Waals surface area contributed by atoms with Crippen molar-refractivity contribution in [2.75, 3.05) is 26.4 Å². The van der Waals surface area contributed by atoms with Gasteiger partial charge in [-0.3, -0.25) is 0 Å². The highest BCUT2D eigenvalue weighted by Crippen LogP contribution is 2.32. The van der Waals surface area contributed by atoms with Crippen molar-refractivity contribution in [3.8, 4) is 5.75 Å². The number of nitrogens with one attached hydrogen (secondary N) is 1. The molecule has 134 valence electrons. The van der Waals surface area contributed by atoms with E-state index in [4.69, 9.17) is 9.47 Å². The third kappa shape index (κ3) is 4.59. The topological polar surface area (TPSA) is 30.5 Å². The Balaban J connectivity index is 1.54. The zero-order chi connectivity index (χ0) is 17.5. The highest BCUT2D eigenvalue weighted by Gasteiger charge is 2.33. The molecule has 1 heterocycles. The van der Waals surface area contributed by atoms with Crippen molar-refractivity contribution in [1.29, 1.82) is 0 Å². The largest absolute Gasteiger partial charge is 0.493 e. The van der Waals surface area contributed by atoms with Gasteiger partial charge in [-0.25, -0.2) is 4.39 Å². The summed E-state index contributed by atoms with van der Waals surface area (Å²) in [5, 5.41) is 3.69. The first-order chi connectivity index (χ1) is 12.2. The van der Waals surface area contributed by atoms with Gasteiger partial charge >= 0.3 is 0 Å². The third-order valence-electron chi connectivity index (χ3n) is 4.88. The van der Waals surface area contributed by atoms with Crippen LogP contribution in [0.25, 0.3) is 0 Å². The van der Waals surface area contributed by atoms with E-state index in [2.05, 4.69) is 18.3 Å². The maximum Gasteiger partial charge on any atom is 0.123 e. The molecule has 0 aromatic heterocycles. The Kier molecular flexibility index (Phi) is 6.05. The SMILES string of the molecule is Cc1ccccc1OCCCNC1(c2ccc(F)cc2)CCOCC1. The molecule has 0 amide bonds. The average molecular weight is 343 g/mol. The Morgan fingerprint density at radius 3 is 2.52 bits per heavy atom. The first-order valence-corrected chi connectivity index (χ1v) is 8.97. The van der Waals surface area contributed by atoms with E-state index in [1.54, 1.807) is 0 Å². The molecule has 2 aromatic carbocycles. The molecule has 0 radical (unpaired) electrons. The van der Waals surface area contributed by atoms with Crippen LogP contribution in [-0.2, 0) is 10.3 Å². The Labute approximate surface area is 149 Å². The number of hydrogen-bond donors (Lipinski definition) is 1. The van der Waals surface area contributed by atoms with Crippen LogP contribution in [0.15, 0.2) is 48.5 Å². The van der Waals surface area contributed by atoms with Crippen molar-refractivity contribution >= 4 is 0 Å². The van der Waals surface area contributed by atoms with Gasteiger partial charge in [0.1, 0.15) is 11.6 Å². The highest BCUT2D eigenvalue weighted by atomic mass is 19.1. The fourth-order valence-electron chi connectivity index (χ4n) is 3.36. The van der Waals surface area contributed by atoms with E-state index in [1.807, 2.05) is 30.3 Å². The Hall–Kier alpha value is -1.91. The molecule has 3 nitrogen and oxygen atoms in total. The molecule has 1 N–H and O–H groups in total. The number of ether oxygens (including phenoxy) is 2. The van der Waals surface area contributed by atoms with Crippen LogP contribution in [0.3, 0.4) is 0 Å². The number of aryl methyl sites for hydroxylation is 1. The van der Waals surface area contributed by atoms with E-state index in [9.17, 15) is 4.39 Å². The fourth-order valence-corrected chi connectivity index (χ4v) is 3.36. The van der Waals surface area contributed by atoms with Gasteiger partial charge in [-0.2, -0.15) is 0 Å². The Morgan fingerprint density at radius 1 is 1.08 bits per heavy atom. The molecule has 4 heteroatoms. The van der Waals surface area contributed by atoms with Gasteiger partial charge in [0, 0.05) is 18.8 Å². The number of para-hydroxylation sites is 1. The number of benzene rings is 2. The van der Waals surface area contributed by atoms with Crippen LogP contribution in [0.2, 0.25) is 0 Å². The van der Waals surface area contributed by atoms with Crippen LogP contribution in [-0.4, -0.2) is 26.4 Å². The zero-order valence-corrected chi connectivity index (χ0v) is 14.8. The monoisotopic (exact) mass is 343 g/mol. The molecule has 1 saturated heterocycles. The molecular weight excluding hydrogens is 317 g/mol. The van der Waals surface area contributed by atoms with Gasteiger partial charge in [0.05, 0.1) is 6.61 Å². The second-order valence-electron chi connectivity index (χ2n) is 6.60. The van der Waals surface area contributed by atoms with Crippen molar-refractivity contribution in [3.63, 3.8) is 0 Å². The van der Waals surface area contributed by atoms with Crippen LogP contribution in [0.1, 0.15) is 30.4 Å². The molecule has 0 saturated carbocycles. The lowest BCUT2D eigenvalue weighted by Gasteiger charge is -2.39. The molecule has 1 aliphatic rings. The summed E-state index contributed by atoms with van der Waals surface area (Å²) in [6, 6.07) is 14.9. The van der Waals surface area contributed by atoms with E-state index in [0.717, 1.165) is 55.9 Å². The first-order valence-electron chi connectivity index (χ1n) is 8.97. The van der Waals surface area contributed by atoms with Gasteiger partial charge in [0.25, 0.3) is 0 Å². The molecular formula is C21H26FNO2. The van der Waals surface area contributed by atoms with Gasteiger partial charge in [0.2, 0.25) is 0 Å². The molecule has 2 aromatic rings. The zero-order valence-electron chi connectivity index (χ0n) is 14.8. The van der Waals surface area contributed by atoms with Gasteiger partial charge < -0.3 is 14.8 Å². The second kappa shape index (κ2) is 8.45. The predicted octanol–water partition coefficient (Wildman–Crippen LogP) is 4.20. The van der Waals surface area contributed by atoms with Crippen LogP contribution in [0, 0.1) is 12.7 Å². The molecule has 0 atom stereocenters. The van der Waals surface area contributed by atoms with E-state index < -0.39 is 0 Å². The second-order valence-corrected chi connectivity index (χ2v) is 6.60. The third-order valence-corrected chi connectivity index (χ3v) is 4.88. The summed E-state index contributed by atoms with van der Waals surface area (Å²) >= 11 is 0. The summed E-state index contributed by atoms with van der Waals surface area (Å²) < 4.78 is 24.7. The van der Waals surface area contributed by atoms with Crippen molar-refractivity contribution in [3.05, 3.63) is 65.5 Å². The molecule has 0 bridgehead atoms. The van der Waals surface area contributed by atoms with Crippen molar-refractivity contribution in [1.82, 2.24) is 5.32 Å². The molecule has 1 aliphatic heterocycles. The molecule has 1 fully saturated rings. The van der Waals surface area contributed by atoms with Crippen molar-refractivity contribution in [2.45, 2.75) is 31.7 Å². The van der Waals surface area contributed by atoms with Crippen LogP contribution in [0.4, 0.5) is 4.39 Å². The van der Waals surface area contributed by atoms with Crippen LogP contribution < -0.4 is 10.1 Å². The minimum atomic E-state index is -0.197. The molecule has 25 heavy (non-hydrogen) atoms. The lowest BCUT2D eigenvalue weighted by molar-refractivity contribution is 0.0362. The first kappa shape index (κ1) is 17.9. The summed E-state index contributed by atoms with van der Waals surface area (Å²) in [5.41, 5.74) is 2.16. The lowest BCUT2D eigenvalue weighted by atomic mass is 9.82. The number of rotatable bonds is 7. The van der Waals surface area contributed by atoms with Crippen LogP contribution in [0.5, 0.6) is 5.75 Å². The normalized spacial score (nSPS) is 16.6. The van der Waals surface area contributed by atoms with E-state index in [-0.39, 0.29) is 11.4 Å². The van der Waals surface area contributed by atoms with Crippen molar-refractivity contribution < 1.29 is 13.9 Å². The van der Waals surface area contributed by atoms with E-state index in [0.29, 0.717) is 6.61 Å². The predicted molar refractivity (Wildman–Crippen MR) is 97.4 cm³/mol. The fraction of sp³-hybridized carbons (Fsp3) is 0.429. The summed E-state index contributed by atoms with van der Waals surface area (Å²) in [4.78, 5) is 0. The maximum absolute atomic E-state index is 13.3. The summed E-state index contributed by atoms with van der Waals surface area (Å²) in [5.74, 6) is 0.749. The lowest BCUT2D eigenvalue weighted by Crippen LogP contribution is -2.47. The summed E-state index contributed by atoms with van der Waals surface area (Å²) in [6.07, 6.45) is 2.71. The molecule has 3 rings (SSSR count). The number of hydrogen-bond acceptors (Lipinski definition) is 3. The minimum Gasteiger partial charge on any atom is -0.493 e. The Bertz CT molecular complexity index is 666. The standard InChI is InChI=1S/C21H26FNO2/c1-17-5-2-3-6-20(17)25-14-4-13-23-21(11-15-24-16-12-21)18-7-9-19(22)10-8-18/h2-3,5-10,23H,4,11-16H2,1H3.